The van der Waals surface area contributed by atoms with Crippen LogP contribution in [0.5, 0.6) is 0 Å². The van der Waals surface area contributed by atoms with Crippen LogP contribution in [0.4, 0.5) is 4.79 Å². The van der Waals surface area contributed by atoms with Crippen LogP contribution in [0.3, 0.4) is 0 Å². The van der Waals surface area contributed by atoms with Crippen LogP contribution in [0, 0.1) is 22.7 Å². The molecular formula is C25H40N4O6. The molecule has 1 aliphatic carbocycles. The Hall–Kier alpha value is -2.91. The number of hydrogen-bond acceptors (Lipinski definition) is 6. The predicted octanol–water partition coefficient (Wildman–Crippen LogP) is 1.52. The van der Waals surface area contributed by atoms with Crippen molar-refractivity contribution in [2.45, 2.75) is 85.5 Å². The molecule has 1 saturated carbocycles. The summed E-state index contributed by atoms with van der Waals surface area (Å²) < 4.78 is 5.35. The van der Waals surface area contributed by atoms with Crippen LogP contribution in [-0.2, 0) is 23.9 Å². The van der Waals surface area contributed by atoms with E-state index in [4.69, 9.17) is 10.5 Å². The lowest BCUT2D eigenvalue weighted by Crippen LogP contribution is -2.60. The van der Waals surface area contributed by atoms with Gasteiger partial charge in [-0.3, -0.25) is 19.2 Å². The summed E-state index contributed by atoms with van der Waals surface area (Å²) in [7, 11) is 0. The molecule has 0 radical (unpaired) electrons. The molecular weight excluding hydrogens is 452 g/mol. The largest absolute Gasteiger partial charge is 0.444 e. The van der Waals surface area contributed by atoms with Crippen molar-refractivity contribution in [3.63, 3.8) is 0 Å². The molecule has 0 spiro atoms. The number of amides is 4. The Morgan fingerprint density at radius 1 is 1.11 bits per heavy atom. The van der Waals surface area contributed by atoms with E-state index >= 15 is 0 Å². The van der Waals surface area contributed by atoms with Crippen molar-refractivity contribution in [2.24, 2.45) is 28.4 Å². The topological polar surface area (TPSA) is 148 Å². The Kier molecular flexibility index (Phi) is 7.79. The number of nitrogens with one attached hydrogen (secondary N) is 2. The van der Waals surface area contributed by atoms with Crippen molar-refractivity contribution in [1.29, 1.82) is 0 Å². The molecule has 1 aliphatic heterocycles. The number of rotatable bonds is 8. The van der Waals surface area contributed by atoms with Gasteiger partial charge in [0, 0.05) is 6.54 Å². The van der Waals surface area contributed by atoms with Gasteiger partial charge < -0.3 is 26.0 Å². The summed E-state index contributed by atoms with van der Waals surface area (Å²) in [6.07, 6.45) is 0.707. The number of nitrogens with zero attached hydrogens (tertiary/aromatic N) is 1. The Bertz CT molecular complexity index is 914. The van der Waals surface area contributed by atoms with E-state index in [2.05, 4.69) is 17.2 Å². The molecule has 5 atom stereocenters. The van der Waals surface area contributed by atoms with Gasteiger partial charge in [0.05, 0.1) is 0 Å². The number of fused-ring (bicyclic) bond motifs is 1. The quantitative estimate of drug-likeness (QED) is 0.346. The van der Waals surface area contributed by atoms with Gasteiger partial charge in [0.1, 0.15) is 23.7 Å². The summed E-state index contributed by atoms with van der Waals surface area (Å²) in [6.45, 7) is 18.6. The number of alkyl carbamates (subject to hydrolysis) is 1. The fourth-order valence-electron chi connectivity index (χ4n) is 4.88. The van der Waals surface area contributed by atoms with Crippen LogP contribution in [0.25, 0.3) is 0 Å². The molecule has 4 N–H and O–H groups in total. The lowest BCUT2D eigenvalue weighted by molar-refractivity contribution is -0.145. The van der Waals surface area contributed by atoms with E-state index in [-0.39, 0.29) is 23.7 Å². The van der Waals surface area contributed by atoms with Crippen LogP contribution in [-0.4, -0.2) is 64.8 Å². The van der Waals surface area contributed by atoms with E-state index in [9.17, 15) is 24.0 Å². The number of hydrogen-bond donors (Lipinski definition) is 3. The second kappa shape index (κ2) is 9.62. The monoisotopic (exact) mass is 492 g/mol. The van der Waals surface area contributed by atoms with Gasteiger partial charge in [-0.25, -0.2) is 4.79 Å². The molecule has 0 bridgehead atoms. The summed E-state index contributed by atoms with van der Waals surface area (Å²) in [5.41, 5.74) is 3.55. The van der Waals surface area contributed by atoms with Crippen LogP contribution in [0.2, 0.25) is 0 Å². The minimum absolute atomic E-state index is 0.0243. The summed E-state index contributed by atoms with van der Waals surface area (Å²) >= 11 is 0. The van der Waals surface area contributed by atoms with Gasteiger partial charge >= 0.3 is 6.09 Å². The lowest BCUT2D eigenvalue weighted by atomic mass is 9.85. The third-order valence-electron chi connectivity index (χ3n) is 6.81. The molecule has 2 unspecified atom stereocenters. The summed E-state index contributed by atoms with van der Waals surface area (Å²) in [5, 5.41) is 5.29. The molecule has 1 heterocycles. The normalized spacial score (nSPS) is 24.5. The van der Waals surface area contributed by atoms with Crippen molar-refractivity contribution in [1.82, 2.24) is 15.5 Å². The molecule has 10 nitrogen and oxygen atoms in total. The molecule has 4 amide bonds. The number of nitrogens with two attached hydrogens (primary N) is 1. The van der Waals surface area contributed by atoms with Crippen molar-refractivity contribution >= 4 is 29.6 Å². The molecule has 10 heteroatoms. The number of ether oxygens (including phenoxy) is 1. The lowest BCUT2D eigenvalue weighted by Gasteiger charge is -2.38. The van der Waals surface area contributed by atoms with Gasteiger partial charge in [-0.05, 0) is 49.9 Å². The number of piperidine rings is 1. The second-order valence-corrected chi connectivity index (χ2v) is 12.1. The van der Waals surface area contributed by atoms with E-state index in [1.54, 1.807) is 20.8 Å². The molecule has 1 saturated heterocycles. The van der Waals surface area contributed by atoms with Gasteiger partial charge in [0.2, 0.25) is 17.6 Å². The zero-order chi connectivity index (χ0) is 27.1. The molecule has 0 aromatic heterocycles. The fraction of sp³-hybridized carbons (Fsp3) is 0.720. The highest BCUT2D eigenvalue weighted by Crippen LogP contribution is 2.65. The average molecular weight is 493 g/mol. The highest BCUT2D eigenvalue weighted by Gasteiger charge is 2.69. The first-order valence-corrected chi connectivity index (χ1v) is 11.9. The Labute approximate surface area is 207 Å². The van der Waals surface area contributed by atoms with Crippen molar-refractivity contribution in [2.75, 3.05) is 6.54 Å². The van der Waals surface area contributed by atoms with Crippen molar-refractivity contribution in [3.05, 3.63) is 12.7 Å². The average Bonchev–Trinajstić information content (AvgIpc) is 3.03. The molecule has 0 aromatic carbocycles. The number of ketones is 1. The van der Waals surface area contributed by atoms with E-state index < -0.39 is 58.7 Å². The highest BCUT2D eigenvalue weighted by molar-refractivity contribution is 6.37. The molecule has 196 valence electrons. The number of carbonyl (C=O) groups is 5. The first-order valence-electron chi connectivity index (χ1n) is 11.9. The zero-order valence-electron chi connectivity index (χ0n) is 22.1. The zero-order valence-corrected chi connectivity index (χ0v) is 22.1. The maximum atomic E-state index is 13.8. The Morgan fingerprint density at radius 2 is 1.69 bits per heavy atom. The Balaban J connectivity index is 2.32. The number of carbonyl (C=O) groups excluding carboxylic acids is 5. The van der Waals surface area contributed by atoms with E-state index in [1.807, 2.05) is 34.6 Å². The summed E-state index contributed by atoms with van der Waals surface area (Å²) in [6, 6.07) is -2.97. The standard InChI is InChI=1S/C25H40N4O6/c1-10-11-14(17(30)19(26)31)27-20(32)16-15-13(25(15,8)9)12-29(16)21(33)18(23(2,3)4)28-22(34)35-24(5,6)7/h10,13-16,18H,1,11-12H2,2-9H3,(H2,26,31)(H,27,32)(H,28,34)/t13-,14?,15-,16-,18?/m0/s1. The maximum absolute atomic E-state index is 13.8. The van der Waals surface area contributed by atoms with E-state index in [0.717, 1.165) is 0 Å². The first-order chi connectivity index (χ1) is 15.8. The third kappa shape index (κ3) is 6.21. The maximum Gasteiger partial charge on any atom is 0.408 e. The highest BCUT2D eigenvalue weighted by atomic mass is 16.6. The minimum Gasteiger partial charge on any atom is -0.444 e. The van der Waals surface area contributed by atoms with Crippen LogP contribution < -0.4 is 16.4 Å². The fourth-order valence-corrected chi connectivity index (χ4v) is 4.88. The molecule has 2 aliphatic rings. The van der Waals surface area contributed by atoms with Crippen molar-refractivity contribution < 1.29 is 28.7 Å². The molecule has 0 aromatic rings. The van der Waals surface area contributed by atoms with Gasteiger partial charge in [0.25, 0.3) is 5.91 Å². The van der Waals surface area contributed by atoms with Gasteiger partial charge in [-0.1, -0.05) is 40.7 Å². The molecule has 2 rings (SSSR count). The van der Waals surface area contributed by atoms with E-state index in [0.29, 0.717) is 6.54 Å². The van der Waals surface area contributed by atoms with Gasteiger partial charge in [-0.15, -0.1) is 6.58 Å². The van der Waals surface area contributed by atoms with Crippen LogP contribution in [0.15, 0.2) is 12.7 Å². The van der Waals surface area contributed by atoms with E-state index in [1.165, 1.54) is 11.0 Å². The van der Waals surface area contributed by atoms with Crippen LogP contribution >= 0.6 is 0 Å². The summed E-state index contributed by atoms with van der Waals surface area (Å²) in [5.74, 6) is -3.07. The SMILES string of the molecule is C=CCC(NC(=O)[C@@H]1[C@@H]2[C@H](CN1C(=O)C(NC(=O)OC(C)(C)C)C(C)(C)C)C2(C)C)C(=O)C(N)=O. The Morgan fingerprint density at radius 3 is 2.14 bits per heavy atom. The van der Waals surface area contributed by atoms with Gasteiger partial charge in [-0.2, -0.15) is 0 Å². The smallest absolute Gasteiger partial charge is 0.408 e. The molecule has 35 heavy (non-hydrogen) atoms. The minimum atomic E-state index is -1.16. The molecule has 2 fully saturated rings. The summed E-state index contributed by atoms with van der Waals surface area (Å²) in [4.78, 5) is 64.8. The number of likely N-dealkylation sites (tertiary alicyclic amines) is 1. The number of primary amides is 1. The van der Waals surface area contributed by atoms with Gasteiger partial charge in [0.15, 0.2) is 0 Å². The number of Topliss-reactive ketones (excluding diaryl/α,β-unsaturated/α-hetero) is 1. The van der Waals surface area contributed by atoms with Crippen molar-refractivity contribution in [3.8, 4) is 0 Å². The van der Waals surface area contributed by atoms with Crippen LogP contribution in [0.1, 0.15) is 61.8 Å². The first kappa shape index (κ1) is 28.3. The third-order valence-corrected chi connectivity index (χ3v) is 6.81. The second-order valence-electron chi connectivity index (χ2n) is 12.1. The predicted molar refractivity (Wildman–Crippen MR) is 130 cm³/mol.